The predicted molar refractivity (Wildman–Crippen MR) is 50.8 cm³/mol. The van der Waals surface area contributed by atoms with Crippen LogP contribution in [-0.2, 0) is 0 Å². The summed E-state index contributed by atoms with van der Waals surface area (Å²) in [4.78, 5) is 4.37. The van der Waals surface area contributed by atoms with Gasteiger partial charge in [-0.3, -0.25) is 4.99 Å². The highest BCUT2D eigenvalue weighted by molar-refractivity contribution is 6.39. The first kappa shape index (κ1) is 10.3. The standard InChI is InChI=1S/C9H18N2/c1-6(2)8(4)11-9(5)7(3)10/h6,8,10H,1-5H3/b10-7?,11-9+. The van der Waals surface area contributed by atoms with Gasteiger partial charge >= 0.3 is 0 Å². The summed E-state index contributed by atoms with van der Waals surface area (Å²) >= 11 is 0. The number of aliphatic imine (C=N–C) groups is 1. The third kappa shape index (κ3) is 3.91. The van der Waals surface area contributed by atoms with Crippen molar-refractivity contribution < 1.29 is 0 Å². The van der Waals surface area contributed by atoms with E-state index in [0.29, 0.717) is 17.7 Å². The van der Waals surface area contributed by atoms with Crippen molar-refractivity contribution in [2.24, 2.45) is 10.9 Å². The molecule has 11 heavy (non-hydrogen) atoms. The SMILES string of the molecule is CC(=N)/C(C)=N/C(C)C(C)C. The monoisotopic (exact) mass is 154 g/mol. The van der Waals surface area contributed by atoms with E-state index in [2.05, 4.69) is 25.8 Å². The third-order valence-corrected chi connectivity index (χ3v) is 1.90. The average molecular weight is 154 g/mol. The molecule has 0 aliphatic carbocycles. The van der Waals surface area contributed by atoms with Gasteiger partial charge in [0, 0.05) is 11.8 Å². The largest absolute Gasteiger partial charge is 0.304 e. The van der Waals surface area contributed by atoms with Crippen molar-refractivity contribution in [1.82, 2.24) is 0 Å². The van der Waals surface area contributed by atoms with Gasteiger partial charge in [-0.05, 0) is 26.7 Å². The van der Waals surface area contributed by atoms with Gasteiger partial charge in [0.25, 0.3) is 0 Å². The normalized spacial score (nSPS) is 15.3. The molecule has 0 fully saturated rings. The molecule has 0 aromatic carbocycles. The fraction of sp³-hybridized carbons (Fsp3) is 0.778. The van der Waals surface area contributed by atoms with Crippen molar-refractivity contribution in [2.75, 3.05) is 0 Å². The zero-order valence-electron chi connectivity index (χ0n) is 8.10. The van der Waals surface area contributed by atoms with Crippen LogP contribution < -0.4 is 0 Å². The Bertz CT molecular complexity index is 168. The Hall–Kier alpha value is -0.660. The van der Waals surface area contributed by atoms with Crippen LogP contribution in [0.2, 0.25) is 0 Å². The molecule has 0 aromatic rings. The highest BCUT2D eigenvalue weighted by Gasteiger charge is 2.05. The molecule has 0 spiro atoms. The Kier molecular flexibility index (Phi) is 4.01. The van der Waals surface area contributed by atoms with E-state index in [1.807, 2.05) is 6.92 Å². The number of hydrogen-bond acceptors (Lipinski definition) is 2. The second kappa shape index (κ2) is 4.27. The lowest BCUT2D eigenvalue weighted by atomic mass is 10.1. The first-order valence-corrected chi connectivity index (χ1v) is 4.05. The topological polar surface area (TPSA) is 36.2 Å². The van der Waals surface area contributed by atoms with Crippen molar-refractivity contribution in [1.29, 1.82) is 5.41 Å². The lowest BCUT2D eigenvalue weighted by Gasteiger charge is -2.11. The van der Waals surface area contributed by atoms with E-state index in [9.17, 15) is 0 Å². The maximum atomic E-state index is 7.30. The molecule has 1 unspecified atom stereocenters. The third-order valence-electron chi connectivity index (χ3n) is 1.90. The number of nitrogens with one attached hydrogen (secondary N) is 1. The molecule has 0 rings (SSSR count). The molecule has 0 amide bonds. The second-order valence-electron chi connectivity index (χ2n) is 3.32. The van der Waals surface area contributed by atoms with Crippen LogP contribution in [0.4, 0.5) is 0 Å². The fourth-order valence-corrected chi connectivity index (χ4v) is 0.551. The van der Waals surface area contributed by atoms with Gasteiger partial charge in [0.2, 0.25) is 0 Å². The Morgan fingerprint density at radius 1 is 1.18 bits per heavy atom. The van der Waals surface area contributed by atoms with Crippen molar-refractivity contribution in [2.45, 2.75) is 40.7 Å². The van der Waals surface area contributed by atoms with Gasteiger partial charge in [0.05, 0.1) is 5.71 Å². The molecule has 64 valence electrons. The summed E-state index contributed by atoms with van der Waals surface area (Å²) in [5.41, 5.74) is 1.42. The molecule has 0 aromatic heterocycles. The predicted octanol–water partition coefficient (Wildman–Crippen LogP) is 2.53. The average Bonchev–Trinajstić information content (AvgIpc) is 1.87. The molecule has 1 atom stereocenters. The van der Waals surface area contributed by atoms with Crippen LogP contribution in [-0.4, -0.2) is 17.5 Å². The molecular weight excluding hydrogens is 136 g/mol. The molecule has 2 nitrogen and oxygen atoms in total. The summed E-state index contributed by atoms with van der Waals surface area (Å²) in [5, 5.41) is 7.30. The Balaban J connectivity index is 4.19. The number of rotatable bonds is 3. The molecular formula is C9H18N2. The van der Waals surface area contributed by atoms with Crippen LogP contribution in [0.25, 0.3) is 0 Å². The van der Waals surface area contributed by atoms with Crippen LogP contribution in [0.1, 0.15) is 34.6 Å². The van der Waals surface area contributed by atoms with E-state index in [4.69, 9.17) is 5.41 Å². The molecule has 0 aliphatic rings. The van der Waals surface area contributed by atoms with E-state index in [1.54, 1.807) is 6.92 Å². The maximum Gasteiger partial charge on any atom is 0.0525 e. The molecule has 0 saturated heterocycles. The van der Waals surface area contributed by atoms with E-state index < -0.39 is 0 Å². The van der Waals surface area contributed by atoms with Crippen LogP contribution in [0.3, 0.4) is 0 Å². The highest BCUT2D eigenvalue weighted by atomic mass is 14.8. The highest BCUT2D eigenvalue weighted by Crippen LogP contribution is 2.05. The van der Waals surface area contributed by atoms with Gasteiger partial charge in [-0.1, -0.05) is 13.8 Å². The van der Waals surface area contributed by atoms with E-state index in [1.165, 1.54) is 0 Å². The van der Waals surface area contributed by atoms with E-state index >= 15 is 0 Å². The van der Waals surface area contributed by atoms with Crippen LogP contribution in [0, 0.1) is 11.3 Å². The van der Waals surface area contributed by atoms with Gasteiger partial charge in [-0.25, -0.2) is 0 Å². The Labute approximate surface area is 69.2 Å². The van der Waals surface area contributed by atoms with Gasteiger partial charge in [0.1, 0.15) is 0 Å². The summed E-state index contributed by atoms with van der Waals surface area (Å²) in [5.74, 6) is 0.560. The van der Waals surface area contributed by atoms with Gasteiger partial charge < -0.3 is 5.41 Å². The van der Waals surface area contributed by atoms with Crippen LogP contribution in [0.15, 0.2) is 4.99 Å². The summed E-state index contributed by atoms with van der Waals surface area (Å²) in [6.07, 6.45) is 0. The first-order valence-electron chi connectivity index (χ1n) is 4.05. The fourth-order valence-electron chi connectivity index (χ4n) is 0.551. The van der Waals surface area contributed by atoms with Gasteiger partial charge in [0.15, 0.2) is 0 Å². The quantitative estimate of drug-likeness (QED) is 0.606. The van der Waals surface area contributed by atoms with Crippen molar-refractivity contribution in [3.63, 3.8) is 0 Å². The van der Waals surface area contributed by atoms with Crippen molar-refractivity contribution in [3.8, 4) is 0 Å². The van der Waals surface area contributed by atoms with Crippen LogP contribution in [0.5, 0.6) is 0 Å². The minimum Gasteiger partial charge on any atom is -0.304 e. The molecule has 2 heteroatoms. The van der Waals surface area contributed by atoms with Crippen molar-refractivity contribution in [3.05, 3.63) is 0 Å². The summed E-state index contributed by atoms with van der Waals surface area (Å²) in [7, 11) is 0. The van der Waals surface area contributed by atoms with Crippen molar-refractivity contribution >= 4 is 11.4 Å². The zero-order chi connectivity index (χ0) is 9.02. The van der Waals surface area contributed by atoms with Crippen LogP contribution >= 0.6 is 0 Å². The maximum absolute atomic E-state index is 7.30. The summed E-state index contributed by atoms with van der Waals surface area (Å²) < 4.78 is 0. The van der Waals surface area contributed by atoms with E-state index in [-0.39, 0.29) is 0 Å². The van der Waals surface area contributed by atoms with Gasteiger partial charge in [-0.15, -0.1) is 0 Å². The minimum absolute atomic E-state index is 0.329. The molecule has 0 heterocycles. The molecule has 0 radical (unpaired) electrons. The summed E-state index contributed by atoms with van der Waals surface area (Å²) in [6.45, 7) is 10.0. The zero-order valence-corrected chi connectivity index (χ0v) is 8.10. The lowest BCUT2D eigenvalue weighted by Crippen LogP contribution is -2.13. The number of nitrogens with zero attached hydrogens (tertiary/aromatic N) is 1. The smallest absolute Gasteiger partial charge is 0.0525 e. The Morgan fingerprint density at radius 3 is 1.91 bits per heavy atom. The molecule has 0 bridgehead atoms. The first-order chi connectivity index (χ1) is 4.95. The minimum atomic E-state index is 0.329. The molecule has 0 saturated carbocycles. The van der Waals surface area contributed by atoms with Gasteiger partial charge in [-0.2, -0.15) is 0 Å². The molecule has 0 aliphatic heterocycles. The number of hydrogen-bond donors (Lipinski definition) is 1. The molecule has 1 N–H and O–H groups in total. The Morgan fingerprint density at radius 2 is 1.64 bits per heavy atom. The second-order valence-corrected chi connectivity index (χ2v) is 3.32. The lowest BCUT2D eigenvalue weighted by molar-refractivity contribution is 0.532. The van der Waals surface area contributed by atoms with E-state index in [0.717, 1.165) is 5.71 Å². The summed E-state index contributed by atoms with van der Waals surface area (Å²) in [6, 6.07) is 0.329.